The molecule has 0 N–H and O–H groups in total. The molecule has 3 aromatic heterocycles. The number of fused-ring (bicyclic) bond motifs is 2. The van der Waals surface area contributed by atoms with E-state index in [1.165, 1.54) is 16.0 Å². The molecule has 7 nitrogen and oxygen atoms in total. The van der Waals surface area contributed by atoms with Crippen molar-refractivity contribution in [2.75, 3.05) is 0 Å². The van der Waals surface area contributed by atoms with Gasteiger partial charge in [0.2, 0.25) is 0 Å². The summed E-state index contributed by atoms with van der Waals surface area (Å²) >= 11 is 1.49. The minimum atomic E-state index is -0.393. The number of imidazole rings is 1. The van der Waals surface area contributed by atoms with Gasteiger partial charge in [0, 0.05) is 30.2 Å². The van der Waals surface area contributed by atoms with Crippen LogP contribution < -0.4 is 5.56 Å². The van der Waals surface area contributed by atoms with Crippen LogP contribution in [0.1, 0.15) is 11.4 Å². The summed E-state index contributed by atoms with van der Waals surface area (Å²) in [4.78, 5) is 29.4. The van der Waals surface area contributed by atoms with E-state index in [0.29, 0.717) is 16.5 Å². The topological polar surface area (TPSA) is 78.5 Å². The fourth-order valence-electron chi connectivity index (χ4n) is 2.73. The molecule has 4 aromatic rings. The summed E-state index contributed by atoms with van der Waals surface area (Å²) in [5.41, 5.74) is 1.21. The number of aryl methyl sites for hydroxylation is 1. The van der Waals surface area contributed by atoms with Crippen LogP contribution in [0.5, 0.6) is 0 Å². The van der Waals surface area contributed by atoms with Crippen molar-refractivity contribution in [1.29, 1.82) is 0 Å². The third kappa shape index (κ3) is 2.80. The van der Waals surface area contributed by atoms with Gasteiger partial charge in [0.1, 0.15) is 6.61 Å². The molecule has 0 saturated carbocycles. The first-order valence-corrected chi connectivity index (χ1v) is 8.51. The molecule has 1 aromatic carbocycles. The monoisotopic (exact) mass is 354 g/mol. The number of aromatic nitrogens is 4. The molecule has 4 rings (SSSR count). The Morgan fingerprint density at radius 3 is 2.92 bits per heavy atom. The summed E-state index contributed by atoms with van der Waals surface area (Å²) in [5.74, 6) is -0.393. The van der Waals surface area contributed by atoms with Crippen LogP contribution in [0.2, 0.25) is 0 Å². The number of carbonyl (C=O) groups is 1. The number of ether oxygens (including phenoxy) is 1. The highest BCUT2D eigenvalue weighted by atomic mass is 32.1. The van der Waals surface area contributed by atoms with Crippen LogP contribution in [0.25, 0.3) is 15.7 Å². The Labute approximate surface area is 146 Å². The Morgan fingerprint density at radius 2 is 2.08 bits per heavy atom. The van der Waals surface area contributed by atoms with E-state index in [0.717, 1.165) is 10.7 Å². The summed E-state index contributed by atoms with van der Waals surface area (Å²) in [5, 5.41) is 7.35. The van der Waals surface area contributed by atoms with Gasteiger partial charge >= 0.3 is 5.97 Å². The normalized spacial score (nSPS) is 11.2. The van der Waals surface area contributed by atoms with Crippen LogP contribution in [0, 0.1) is 0 Å². The van der Waals surface area contributed by atoms with Crippen LogP contribution in [-0.2, 0) is 29.6 Å². The van der Waals surface area contributed by atoms with Crippen LogP contribution in [0.15, 0.2) is 46.8 Å². The minimum absolute atomic E-state index is 0.00580. The molecule has 0 spiro atoms. The second-order valence-corrected chi connectivity index (χ2v) is 6.40. The Balaban J connectivity index is 1.55. The van der Waals surface area contributed by atoms with E-state index in [1.807, 2.05) is 22.0 Å². The highest BCUT2D eigenvalue weighted by Crippen LogP contribution is 2.17. The van der Waals surface area contributed by atoms with Crippen LogP contribution in [-0.4, -0.2) is 25.1 Å². The average molecular weight is 354 g/mol. The number of thiazole rings is 1. The first-order valence-electron chi connectivity index (χ1n) is 7.63. The van der Waals surface area contributed by atoms with Crippen molar-refractivity contribution >= 4 is 33.0 Å². The molecule has 0 amide bonds. The molecule has 0 aliphatic rings. The van der Waals surface area contributed by atoms with Gasteiger partial charge in [0.15, 0.2) is 4.96 Å². The highest BCUT2D eigenvalue weighted by Gasteiger charge is 2.14. The molecule has 0 unspecified atom stereocenters. The van der Waals surface area contributed by atoms with Gasteiger partial charge in [0.25, 0.3) is 5.56 Å². The van der Waals surface area contributed by atoms with E-state index in [4.69, 9.17) is 4.74 Å². The predicted molar refractivity (Wildman–Crippen MR) is 93.6 cm³/mol. The first-order chi connectivity index (χ1) is 12.1. The smallest absolute Gasteiger partial charge is 0.312 e. The molecular formula is C17H14N4O3S. The lowest BCUT2D eigenvalue weighted by atomic mass is 10.1. The van der Waals surface area contributed by atoms with Gasteiger partial charge in [-0.1, -0.05) is 18.2 Å². The Hall–Kier alpha value is -3.00. The van der Waals surface area contributed by atoms with Gasteiger partial charge in [0.05, 0.1) is 23.2 Å². The zero-order valence-corrected chi connectivity index (χ0v) is 14.2. The van der Waals surface area contributed by atoms with Crippen molar-refractivity contribution in [2.24, 2.45) is 7.05 Å². The SMILES string of the molecule is Cn1nc(CC(=O)OCc2csc3nccn23)c2ccccc2c1=O. The molecule has 3 heterocycles. The number of esters is 1. The van der Waals surface area contributed by atoms with Crippen molar-refractivity contribution in [1.82, 2.24) is 19.2 Å². The van der Waals surface area contributed by atoms with E-state index < -0.39 is 5.97 Å². The van der Waals surface area contributed by atoms with E-state index in [1.54, 1.807) is 31.4 Å². The number of carbonyl (C=O) groups excluding carboxylic acids is 1. The Bertz CT molecular complexity index is 1140. The van der Waals surface area contributed by atoms with Gasteiger partial charge in [-0.2, -0.15) is 5.10 Å². The van der Waals surface area contributed by atoms with Crippen LogP contribution >= 0.6 is 11.3 Å². The highest BCUT2D eigenvalue weighted by molar-refractivity contribution is 7.15. The maximum Gasteiger partial charge on any atom is 0.312 e. The van der Waals surface area contributed by atoms with Crippen molar-refractivity contribution < 1.29 is 9.53 Å². The first kappa shape index (κ1) is 15.5. The van der Waals surface area contributed by atoms with E-state index in [-0.39, 0.29) is 18.6 Å². The van der Waals surface area contributed by atoms with Crippen molar-refractivity contribution in [2.45, 2.75) is 13.0 Å². The van der Waals surface area contributed by atoms with Crippen molar-refractivity contribution in [3.63, 3.8) is 0 Å². The van der Waals surface area contributed by atoms with Gasteiger partial charge in [-0.3, -0.25) is 14.0 Å². The lowest BCUT2D eigenvalue weighted by Gasteiger charge is -2.08. The quantitative estimate of drug-likeness (QED) is 0.523. The largest absolute Gasteiger partial charge is 0.459 e. The number of benzene rings is 1. The molecular weight excluding hydrogens is 340 g/mol. The van der Waals surface area contributed by atoms with Crippen LogP contribution in [0.3, 0.4) is 0 Å². The standard InChI is InChI=1S/C17H14N4O3S/c1-20-16(23)13-5-3-2-4-12(13)14(19-20)8-15(22)24-9-11-10-25-17-18-6-7-21(11)17/h2-7,10H,8-9H2,1H3. The minimum Gasteiger partial charge on any atom is -0.459 e. The summed E-state index contributed by atoms with van der Waals surface area (Å²) in [7, 11) is 1.57. The van der Waals surface area contributed by atoms with Crippen molar-refractivity contribution in [3.05, 3.63) is 63.8 Å². The molecule has 0 aliphatic heterocycles. The summed E-state index contributed by atoms with van der Waals surface area (Å²) < 4.78 is 8.51. The zero-order valence-electron chi connectivity index (χ0n) is 13.4. The molecule has 0 saturated heterocycles. The number of hydrogen-bond acceptors (Lipinski definition) is 6. The average Bonchev–Trinajstić information content (AvgIpc) is 3.22. The predicted octanol–water partition coefficient (Wildman–Crippen LogP) is 1.93. The summed E-state index contributed by atoms with van der Waals surface area (Å²) in [6, 6.07) is 7.13. The summed E-state index contributed by atoms with van der Waals surface area (Å²) in [6.45, 7) is 0.166. The lowest BCUT2D eigenvalue weighted by Crippen LogP contribution is -2.22. The zero-order chi connectivity index (χ0) is 17.4. The number of nitrogens with zero attached hydrogens (tertiary/aromatic N) is 4. The maximum atomic E-state index is 12.3. The van der Waals surface area contributed by atoms with Gasteiger partial charge in [-0.15, -0.1) is 11.3 Å². The summed E-state index contributed by atoms with van der Waals surface area (Å²) in [6.07, 6.45) is 3.54. The third-order valence-corrected chi connectivity index (χ3v) is 4.85. The maximum absolute atomic E-state index is 12.3. The Morgan fingerprint density at radius 1 is 1.28 bits per heavy atom. The molecule has 126 valence electrons. The van der Waals surface area contributed by atoms with E-state index >= 15 is 0 Å². The molecule has 8 heteroatoms. The fraction of sp³-hybridized carbons (Fsp3) is 0.176. The molecule has 0 bridgehead atoms. The number of rotatable bonds is 4. The fourth-order valence-corrected chi connectivity index (χ4v) is 3.56. The Kier molecular flexibility index (Phi) is 3.81. The van der Waals surface area contributed by atoms with E-state index in [2.05, 4.69) is 10.1 Å². The van der Waals surface area contributed by atoms with Crippen LogP contribution in [0.4, 0.5) is 0 Å². The molecule has 0 fully saturated rings. The molecule has 0 aliphatic carbocycles. The van der Waals surface area contributed by atoms with Gasteiger partial charge in [-0.25, -0.2) is 9.67 Å². The third-order valence-electron chi connectivity index (χ3n) is 3.94. The van der Waals surface area contributed by atoms with Gasteiger partial charge < -0.3 is 4.74 Å². The second-order valence-electron chi connectivity index (χ2n) is 5.57. The lowest BCUT2D eigenvalue weighted by molar-refractivity contribution is -0.144. The van der Waals surface area contributed by atoms with Gasteiger partial charge in [-0.05, 0) is 6.07 Å². The molecule has 25 heavy (non-hydrogen) atoms. The molecule has 0 atom stereocenters. The van der Waals surface area contributed by atoms with E-state index in [9.17, 15) is 9.59 Å². The number of hydrogen-bond donors (Lipinski definition) is 0. The molecule has 0 radical (unpaired) electrons. The second kappa shape index (κ2) is 6.14. The van der Waals surface area contributed by atoms with Crippen molar-refractivity contribution in [3.8, 4) is 0 Å².